The van der Waals surface area contributed by atoms with Crippen LogP contribution >= 0.6 is 0 Å². The van der Waals surface area contributed by atoms with Crippen molar-refractivity contribution in [2.75, 3.05) is 19.7 Å². The van der Waals surface area contributed by atoms with Crippen molar-refractivity contribution in [3.63, 3.8) is 0 Å². The molecular weight excluding hydrogens is 304 g/mol. The second kappa shape index (κ2) is 8.60. The maximum Gasteiger partial charge on any atom is 0.251 e. The molecule has 0 aliphatic carbocycles. The van der Waals surface area contributed by atoms with Crippen molar-refractivity contribution >= 4 is 5.91 Å². The number of nitrogens with zero attached hydrogens (tertiary/aromatic N) is 1. The van der Waals surface area contributed by atoms with Crippen molar-refractivity contribution in [1.82, 2.24) is 10.2 Å². The third-order valence-corrected chi connectivity index (χ3v) is 4.62. The number of aliphatic hydroxyl groups is 1. The molecule has 1 saturated heterocycles. The Balaban J connectivity index is 1.91. The molecule has 1 aliphatic heterocycles. The molecule has 1 fully saturated rings. The van der Waals surface area contributed by atoms with Crippen LogP contribution in [0.2, 0.25) is 0 Å². The molecule has 134 valence electrons. The second-order valence-electron chi connectivity index (χ2n) is 7.07. The van der Waals surface area contributed by atoms with E-state index in [2.05, 4.69) is 24.1 Å². The summed E-state index contributed by atoms with van der Waals surface area (Å²) in [4.78, 5) is 14.6. The number of aliphatic hydroxyl groups excluding tert-OH is 1. The van der Waals surface area contributed by atoms with Gasteiger partial charge in [-0.3, -0.25) is 9.69 Å². The van der Waals surface area contributed by atoms with E-state index >= 15 is 0 Å². The molecule has 1 aromatic rings. The molecule has 24 heavy (non-hydrogen) atoms. The van der Waals surface area contributed by atoms with Gasteiger partial charge in [0.2, 0.25) is 0 Å². The normalized spacial score (nSPS) is 24.4. The molecule has 1 heterocycles. The van der Waals surface area contributed by atoms with E-state index in [4.69, 9.17) is 9.84 Å². The number of amides is 1. The standard InChI is InChI=1S/C19H30N2O3/c1-13(12-22)16(4)20-19(23)18-7-5-17(6-8-18)11-21-9-14(2)24-15(3)10-21/h5-8,13-16,22H,9-12H2,1-4H3,(H,20,23). The minimum absolute atomic E-state index is 0.0403. The van der Waals surface area contributed by atoms with Gasteiger partial charge in [-0.05, 0) is 44.4 Å². The third kappa shape index (κ3) is 5.30. The van der Waals surface area contributed by atoms with Crippen LogP contribution in [0.5, 0.6) is 0 Å². The van der Waals surface area contributed by atoms with Gasteiger partial charge in [0, 0.05) is 37.8 Å². The van der Waals surface area contributed by atoms with Gasteiger partial charge in [0.25, 0.3) is 5.91 Å². The quantitative estimate of drug-likeness (QED) is 0.836. The maximum atomic E-state index is 12.2. The highest BCUT2D eigenvalue weighted by molar-refractivity contribution is 5.94. The minimum Gasteiger partial charge on any atom is -0.396 e. The Morgan fingerprint density at radius 2 is 1.83 bits per heavy atom. The van der Waals surface area contributed by atoms with E-state index in [1.54, 1.807) is 0 Å². The Hall–Kier alpha value is -1.43. The molecule has 0 spiro atoms. The summed E-state index contributed by atoms with van der Waals surface area (Å²) in [6.45, 7) is 10.8. The van der Waals surface area contributed by atoms with E-state index in [0.29, 0.717) is 5.56 Å². The van der Waals surface area contributed by atoms with Gasteiger partial charge in [-0.25, -0.2) is 0 Å². The van der Waals surface area contributed by atoms with Crippen LogP contribution in [0.15, 0.2) is 24.3 Å². The van der Waals surface area contributed by atoms with Gasteiger partial charge >= 0.3 is 0 Å². The number of ether oxygens (including phenoxy) is 1. The lowest BCUT2D eigenvalue weighted by atomic mass is 10.0. The van der Waals surface area contributed by atoms with Gasteiger partial charge in [-0.1, -0.05) is 19.1 Å². The molecule has 0 radical (unpaired) electrons. The third-order valence-electron chi connectivity index (χ3n) is 4.62. The summed E-state index contributed by atoms with van der Waals surface area (Å²) >= 11 is 0. The molecule has 0 saturated carbocycles. The van der Waals surface area contributed by atoms with Crippen LogP contribution in [-0.4, -0.2) is 53.9 Å². The molecule has 1 aromatic carbocycles. The van der Waals surface area contributed by atoms with Crippen LogP contribution in [0, 0.1) is 5.92 Å². The van der Waals surface area contributed by atoms with Crippen molar-refractivity contribution in [2.24, 2.45) is 5.92 Å². The van der Waals surface area contributed by atoms with Crippen molar-refractivity contribution in [3.8, 4) is 0 Å². The molecule has 0 bridgehead atoms. The van der Waals surface area contributed by atoms with Crippen molar-refractivity contribution in [2.45, 2.75) is 52.5 Å². The first-order valence-electron chi connectivity index (χ1n) is 8.77. The molecule has 5 nitrogen and oxygen atoms in total. The Morgan fingerprint density at radius 1 is 1.25 bits per heavy atom. The van der Waals surface area contributed by atoms with Crippen molar-refractivity contribution < 1.29 is 14.6 Å². The number of hydrogen-bond donors (Lipinski definition) is 2. The van der Waals surface area contributed by atoms with E-state index in [1.165, 1.54) is 5.56 Å². The van der Waals surface area contributed by atoms with E-state index in [9.17, 15) is 4.79 Å². The van der Waals surface area contributed by atoms with Crippen LogP contribution in [0.3, 0.4) is 0 Å². The predicted molar refractivity (Wildman–Crippen MR) is 94.9 cm³/mol. The molecule has 1 amide bonds. The number of benzene rings is 1. The van der Waals surface area contributed by atoms with E-state index in [-0.39, 0.29) is 36.7 Å². The van der Waals surface area contributed by atoms with Crippen molar-refractivity contribution in [1.29, 1.82) is 0 Å². The first kappa shape index (κ1) is 18.9. The fraction of sp³-hybridized carbons (Fsp3) is 0.632. The van der Waals surface area contributed by atoms with E-state index in [1.807, 2.05) is 38.1 Å². The summed E-state index contributed by atoms with van der Waals surface area (Å²) in [6.07, 6.45) is 0.516. The average Bonchev–Trinajstić information content (AvgIpc) is 2.53. The summed E-state index contributed by atoms with van der Waals surface area (Å²) in [5.41, 5.74) is 1.85. The first-order chi connectivity index (χ1) is 11.4. The monoisotopic (exact) mass is 334 g/mol. The second-order valence-corrected chi connectivity index (χ2v) is 7.07. The van der Waals surface area contributed by atoms with E-state index in [0.717, 1.165) is 19.6 Å². The SMILES string of the molecule is CC1CN(Cc2ccc(C(=O)NC(C)C(C)CO)cc2)CC(C)O1. The summed E-state index contributed by atoms with van der Waals surface area (Å²) < 4.78 is 5.76. The molecule has 2 N–H and O–H groups in total. The Labute approximate surface area is 145 Å². The van der Waals surface area contributed by atoms with Gasteiger partial charge in [0.05, 0.1) is 12.2 Å². The van der Waals surface area contributed by atoms with Crippen LogP contribution in [0.1, 0.15) is 43.6 Å². The van der Waals surface area contributed by atoms with Crippen LogP contribution in [-0.2, 0) is 11.3 Å². The molecule has 4 atom stereocenters. The topological polar surface area (TPSA) is 61.8 Å². The van der Waals surface area contributed by atoms with Gasteiger partial charge in [-0.15, -0.1) is 0 Å². The zero-order chi connectivity index (χ0) is 17.7. The zero-order valence-corrected chi connectivity index (χ0v) is 15.2. The lowest BCUT2D eigenvalue weighted by Gasteiger charge is -2.35. The maximum absolute atomic E-state index is 12.2. The number of carbonyl (C=O) groups is 1. The van der Waals surface area contributed by atoms with Gasteiger partial charge in [-0.2, -0.15) is 0 Å². The molecule has 5 heteroatoms. The summed E-state index contributed by atoms with van der Waals surface area (Å²) in [6, 6.07) is 7.71. The van der Waals surface area contributed by atoms with E-state index < -0.39 is 0 Å². The predicted octanol–water partition coefficient (Wildman–Crippen LogP) is 2.04. The fourth-order valence-corrected chi connectivity index (χ4v) is 3.02. The Bertz CT molecular complexity index is 522. The minimum atomic E-state index is -0.0945. The number of morpholine rings is 1. The lowest BCUT2D eigenvalue weighted by Crippen LogP contribution is -2.44. The Kier molecular flexibility index (Phi) is 6.78. The highest BCUT2D eigenvalue weighted by Gasteiger charge is 2.22. The highest BCUT2D eigenvalue weighted by Crippen LogP contribution is 2.15. The lowest BCUT2D eigenvalue weighted by molar-refractivity contribution is -0.0704. The smallest absolute Gasteiger partial charge is 0.251 e. The number of rotatable bonds is 6. The summed E-state index contributed by atoms with van der Waals surface area (Å²) in [5.74, 6) is -0.0542. The van der Waals surface area contributed by atoms with Gasteiger partial charge < -0.3 is 15.2 Å². The highest BCUT2D eigenvalue weighted by atomic mass is 16.5. The average molecular weight is 334 g/mol. The number of carbonyl (C=O) groups excluding carboxylic acids is 1. The zero-order valence-electron chi connectivity index (χ0n) is 15.2. The van der Waals surface area contributed by atoms with Gasteiger partial charge in [0.1, 0.15) is 0 Å². The first-order valence-corrected chi connectivity index (χ1v) is 8.77. The molecule has 1 aliphatic rings. The summed E-state index contributed by atoms with van der Waals surface area (Å²) in [5, 5.41) is 12.1. The molecule has 2 rings (SSSR count). The van der Waals surface area contributed by atoms with Gasteiger partial charge in [0.15, 0.2) is 0 Å². The fourth-order valence-electron chi connectivity index (χ4n) is 3.02. The van der Waals surface area contributed by atoms with Crippen LogP contribution in [0.4, 0.5) is 0 Å². The molecule has 4 unspecified atom stereocenters. The summed E-state index contributed by atoms with van der Waals surface area (Å²) in [7, 11) is 0. The van der Waals surface area contributed by atoms with Crippen molar-refractivity contribution in [3.05, 3.63) is 35.4 Å². The van der Waals surface area contributed by atoms with Crippen LogP contribution < -0.4 is 5.32 Å². The molecular formula is C19H30N2O3. The molecule has 0 aromatic heterocycles. The number of hydrogen-bond acceptors (Lipinski definition) is 4. The number of nitrogens with one attached hydrogen (secondary N) is 1. The van der Waals surface area contributed by atoms with Crippen LogP contribution in [0.25, 0.3) is 0 Å². The Morgan fingerprint density at radius 3 is 2.38 bits per heavy atom. The largest absolute Gasteiger partial charge is 0.396 e.